The molecule has 1 heterocycles. The lowest BCUT2D eigenvalue weighted by molar-refractivity contribution is 0.277. The van der Waals surface area contributed by atoms with Gasteiger partial charge >= 0.3 is 0 Å². The number of rotatable bonds is 4. The minimum absolute atomic E-state index is 0.454. The first-order valence-corrected chi connectivity index (χ1v) is 5.93. The Kier molecular flexibility index (Phi) is 3.68. The van der Waals surface area contributed by atoms with Crippen molar-refractivity contribution in [1.82, 2.24) is 9.55 Å². The molecule has 0 fully saturated rings. The third-order valence-corrected chi connectivity index (χ3v) is 3.21. The van der Waals surface area contributed by atoms with E-state index >= 15 is 0 Å². The highest BCUT2D eigenvalue weighted by molar-refractivity contribution is 9.10. The Morgan fingerprint density at radius 2 is 2.00 bits per heavy atom. The SMILES string of the molecule is COc1ccccc1OCc1cnc(Br)n1C. The average Bonchev–Trinajstić information content (AvgIpc) is 2.68. The lowest BCUT2D eigenvalue weighted by Crippen LogP contribution is -2.02. The van der Waals surface area contributed by atoms with Crippen molar-refractivity contribution in [3.8, 4) is 11.5 Å². The van der Waals surface area contributed by atoms with Crippen LogP contribution in [0.25, 0.3) is 0 Å². The molecule has 2 rings (SSSR count). The van der Waals surface area contributed by atoms with Crippen LogP contribution in [0.15, 0.2) is 35.2 Å². The maximum absolute atomic E-state index is 5.70. The third-order valence-electron chi connectivity index (χ3n) is 2.47. The molecule has 5 heteroatoms. The van der Waals surface area contributed by atoms with Crippen molar-refractivity contribution in [1.29, 1.82) is 0 Å². The van der Waals surface area contributed by atoms with Crippen LogP contribution < -0.4 is 9.47 Å². The molecule has 17 heavy (non-hydrogen) atoms. The molecular formula is C12H13BrN2O2. The molecule has 0 amide bonds. The molecule has 0 radical (unpaired) electrons. The molecule has 0 atom stereocenters. The molecule has 0 saturated heterocycles. The molecule has 0 bridgehead atoms. The third kappa shape index (κ3) is 2.61. The molecule has 0 spiro atoms. The van der Waals surface area contributed by atoms with Crippen molar-refractivity contribution < 1.29 is 9.47 Å². The lowest BCUT2D eigenvalue weighted by Gasteiger charge is -2.10. The van der Waals surface area contributed by atoms with Crippen molar-refractivity contribution in [2.24, 2.45) is 7.05 Å². The molecule has 90 valence electrons. The van der Waals surface area contributed by atoms with E-state index in [1.165, 1.54) is 0 Å². The molecule has 0 aliphatic heterocycles. The van der Waals surface area contributed by atoms with Crippen molar-refractivity contribution in [2.75, 3.05) is 7.11 Å². The van der Waals surface area contributed by atoms with Crippen LogP contribution in [0, 0.1) is 0 Å². The molecular weight excluding hydrogens is 284 g/mol. The highest BCUT2D eigenvalue weighted by atomic mass is 79.9. The van der Waals surface area contributed by atoms with E-state index in [4.69, 9.17) is 9.47 Å². The van der Waals surface area contributed by atoms with Gasteiger partial charge in [0.15, 0.2) is 16.2 Å². The zero-order valence-electron chi connectivity index (χ0n) is 9.68. The van der Waals surface area contributed by atoms with Gasteiger partial charge in [-0.25, -0.2) is 4.98 Å². The summed E-state index contributed by atoms with van der Waals surface area (Å²) >= 11 is 3.34. The van der Waals surface area contributed by atoms with Crippen molar-refractivity contribution >= 4 is 15.9 Å². The summed E-state index contributed by atoms with van der Waals surface area (Å²) in [4.78, 5) is 4.14. The quantitative estimate of drug-likeness (QED) is 0.870. The fourth-order valence-corrected chi connectivity index (χ4v) is 1.77. The smallest absolute Gasteiger partial charge is 0.177 e. The zero-order valence-corrected chi connectivity index (χ0v) is 11.3. The van der Waals surface area contributed by atoms with E-state index in [0.717, 1.165) is 21.9 Å². The topological polar surface area (TPSA) is 36.3 Å². The second kappa shape index (κ2) is 5.23. The van der Waals surface area contributed by atoms with Gasteiger partial charge in [-0.05, 0) is 28.1 Å². The minimum atomic E-state index is 0.454. The Hall–Kier alpha value is -1.49. The van der Waals surface area contributed by atoms with Gasteiger partial charge in [0, 0.05) is 7.05 Å². The molecule has 1 aromatic carbocycles. The van der Waals surface area contributed by atoms with E-state index in [1.54, 1.807) is 13.3 Å². The lowest BCUT2D eigenvalue weighted by atomic mass is 10.3. The van der Waals surface area contributed by atoms with Crippen molar-refractivity contribution in [2.45, 2.75) is 6.61 Å². The van der Waals surface area contributed by atoms with E-state index in [1.807, 2.05) is 35.9 Å². The second-order valence-electron chi connectivity index (χ2n) is 3.52. The fourth-order valence-electron chi connectivity index (χ4n) is 1.44. The van der Waals surface area contributed by atoms with Gasteiger partial charge in [-0.2, -0.15) is 0 Å². The Morgan fingerprint density at radius 1 is 1.29 bits per heavy atom. The number of hydrogen-bond acceptors (Lipinski definition) is 3. The summed E-state index contributed by atoms with van der Waals surface area (Å²) in [5, 5.41) is 0. The maximum atomic E-state index is 5.70. The summed E-state index contributed by atoms with van der Waals surface area (Å²) in [6.07, 6.45) is 1.78. The monoisotopic (exact) mass is 296 g/mol. The number of hydrogen-bond donors (Lipinski definition) is 0. The molecule has 0 saturated carbocycles. The van der Waals surface area contributed by atoms with E-state index in [-0.39, 0.29) is 0 Å². The van der Waals surface area contributed by atoms with Gasteiger partial charge in [0.05, 0.1) is 19.0 Å². The maximum Gasteiger partial charge on any atom is 0.177 e. The number of para-hydroxylation sites is 2. The number of halogens is 1. The van der Waals surface area contributed by atoms with E-state index in [2.05, 4.69) is 20.9 Å². The summed E-state index contributed by atoms with van der Waals surface area (Å²) in [7, 11) is 3.56. The van der Waals surface area contributed by atoms with E-state index in [9.17, 15) is 0 Å². The summed E-state index contributed by atoms with van der Waals surface area (Å²) in [5.74, 6) is 1.46. The molecule has 0 aliphatic rings. The van der Waals surface area contributed by atoms with Gasteiger partial charge in [-0.1, -0.05) is 12.1 Å². The predicted molar refractivity (Wildman–Crippen MR) is 68.2 cm³/mol. The minimum Gasteiger partial charge on any atom is -0.493 e. The summed E-state index contributed by atoms with van der Waals surface area (Å²) in [5.41, 5.74) is 0.989. The van der Waals surface area contributed by atoms with Gasteiger partial charge < -0.3 is 14.0 Å². The van der Waals surface area contributed by atoms with Crippen LogP contribution in [0.2, 0.25) is 0 Å². The van der Waals surface area contributed by atoms with Crippen LogP contribution in [0.4, 0.5) is 0 Å². The van der Waals surface area contributed by atoms with Gasteiger partial charge in [-0.3, -0.25) is 0 Å². The first-order chi connectivity index (χ1) is 8.22. The number of nitrogens with zero attached hydrogens (tertiary/aromatic N) is 2. The molecule has 0 unspecified atom stereocenters. The highest BCUT2D eigenvalue weighted by Crippen LogP contribution is 2.26. The van der Waals surface area contributed by atoms with Crippen LogP contribution in [0.3, 0.4) is 0 Å². The standard InChI is InChI=1S/C12H13BrN2O2/c1-15-9(7-14-12(15)13)8-17-11-6-4-3-5-10(11)16-2/h3-7H,8H2,1-2H3. The van der Waals surface area contributed by atoms with Gasteiger partial charge in [-0.15, -0.1) is 0 Å². The van der Waals surface area contributed by atoms with E-state index in [0.29, 0.717) is 6.61 Å². The van der Waals surface area contributed by atoms with E-state index < -0.39 is 0 Å². The van der Waals surface area contributed by atoms with Crippen LogP contribution in [-0.2, 0) is 13.7 Å². The summed E-state index contributed by atoms with van der Waals surface area (Å²) < 4.78 is 13.6. The van der Waals surface area contributed by atoms with Crippen LogP contribution in [0.5, 0.6) is 11.5 Å². The van der Waals surface area contributed by atoms with Crippen LogP contribution in [0.1, 0.15) is 5.69 Å². The summed E-state index contributed by atoms with van der Waals surface area (Å²) in [6, 6.07) is 7.57. The molecule has 1 aromatic heterocycles. The zero-order chi connectivity index (χ0) is 12.3. The summed E-state index contributed by atoms with van der Waals surface area (Å²) in [6.45, 7) is 0.454. The number of benzene rings is 1. The fraction of sp³-hybridized carbons (Fsp3) is 0.250. The van der Waals surface area contributed by atoms with Crippen LogP contribution in [-0.4, -0.2) is 16.7 Å². The Balaban J connectivity index is 2.10. The largest absolute Gasteiger partial charge is 0.493 e. The Bertz CT molecular complexity index is 511. The molecule has 2 aromatic rings. The highest BCUT2D eigenvalue weighted by Gasteiger charge is 2.06. The predicted octanol–water partition coefficient (Wildman–Crippen LogP) is 2.77. The first-order valence-electron chi connectivity index (χ1n) is 5.14. The van der Waals surface area contributed by atoms with Gasteiger partial charge in [0.25, 0.3) is 0 Å². The number of aromatic nitrogens is 2. The normalized spacial score (nSPS) is 10.3. The molecule has 0 N–H and O–H groups in total. The first kappa shape index (κ1) is 12.0. The molecule has 0 aliphatic carbocycles. The Morgan fingerprint density at radius 3 is 2.59 bits per heavy atom. The Labute approximate surface area is 108 Å². The number of imidazole rings is 1. The van der Waals surface area contributed by atoms with Gasteiger partial charge in [0.1, 0.15) is 6.61 Å². The second-order valence-corrected chi connectivity index (χ2v) is 4.23. The van der Waals surface area contributed by atoms with Crippen LogP contribution >= 0.6 is 15.9 Å². The van der Waals surface area contributed by atoms with Crippen molar-refractivity contribution in [3.05, 3.63) is 40.9 Å². The molecule has 4 nitrogen and oxygen atoms in total. The average molecular weight is 297 g/mol. The number of methoxy groups -OCH3 is 1. The number of ether oxygens (including phenoxy) is 2. The van der Waals surface area contributed by atoms with Crippen molar-refractivity contribution in [3.63, 3.8) is 0 Å². The van der Waals surface area contributed by atoms with Gasteiger partial charge in [0.2, 0.25) is 0 Å².